The first-order valence-corrected chi connectivity index (χ1v) is 4.87. The van der Waals surface area contributed by atoms with Crippen molar-refractivity contribution in [2.45, 2.75) is 13.0 Å². The minimum atomic E-state index is -2.73. The van der Waals surface area contributed by atoms with Crippen molar-refractivity contribution in [2.75, 3.05) is 0 Å². The van der Waals surface area contributed by atoms with Crippen molar-refractivity contribution in [3.63, 3.8) is 0 Å². The van der Waals surface area contributed by atoms with Gasteiger partial charge in [-0.3, -0.25) is 0 Å². The van der Waals surface area contributed by atoms with Crippen LogP contribution in [0.4, 0.5) is 14.6 Å². The van der Waals surface area contributed by atoms with Gasteiger partial charge in [-0.25, -0.2) is 8.78 Å². The van der Waals surface area contributed by atoms with Crippen molar-refractivity contribution in [3.8, 4) is 0 Å². The van der Waals surface area contributed by atoms with E-state index in [2.05, 4.69) is 4.98 Å². The Morgan fingerprint density at radius 1 is 1.67 bits per heavy atom. The van der Waals surface area contributed by atoms with Crippen LogP contribution in [0, 0.1) is 13.7 Å². The molecule has 0 atom stereocenters. The third-order valence-corrected chi connectivity index (χ3v) is 2.47. The van der Waals surface area contributed by atoms with E-state index in [-0.39, 0.29) is 21.4 Å². The highest BCUT2D eigenvalue weighted by Gasteiger charge is 2.23. The number of hydrogen-bond acceptors (Lipinski definition) is 4. The third kappa shape index (κ3) is 2.56. The van der Waals surface area contributed by atoms with Crippen LogP contribution >= 0.6 is 22.6 Å². The SMILES string of the molecule is NCc1nc([N+](=O)[O-])c(I)cc1C(F)F. The molecule has 1 aromatic rings. The predicted octanol–water partition coefficient (Wildman–Crippen LogP) is 1.99. The summed E-state index contributed by atoms with van der Waals surface area (Å²) in [5.41, 5.74) is 4.69. The fourth-order valence-electron chi connectivity index (χ4n) is 1.01. The van der Waals surface area contributed by atoms with Crippen molar-refractivity contribution in [1.29, 1.82) is 0 Å². The van der Waals surface area contributed by atoms with Gasteiger partial charge >= 0.3 is 5.82 Å². The van der Waals surface area contributed by atoms with Crippen LogP contribution in [0.15, 0.2) is 6.07 Å². The number of aromatic nitrogens is 1. The van der Waals surface area contributed by atoms with E-state index < -0.39 is 17.2 Å². The fraction of sp³-hybridized carbons (Fsp3) is 0.286. The smallest absolute Gasteiger partial charge is 0.358 e. The Morgan fingerprint density at radius 3 is 2.67 bits per heavy atom. The van der Waals surface area contributed by atoms with E-state index in [0.717, 1.165) is 6.07 Å². The Morgan fingerprint density at radius 2 is 2.27 bits per heavy atom. The van der Waals surface area contributed by atoms with Gasteiger partial charge in [0.05, 0.1) is 12.1 Å². The molecule has 1 rings (SSSR count). The lowest BCUT2D eigenvalue weighted by Crippen LogP contribution is -2.08. The van der Waals surface area contributed by atoms with Crippen LogP contribution in [0.2, 0.25) is 0 Å². The van der Waals surface area contributed by atoms with Gasteiger partial charge in [-0.15, -0.1) is 0 Å². The van der Waals surface area contributed by atoms with Crippen molar-refractivity contribution in [1.82, 2.24) is 4.98 Å². The molecule has 0 unspecified atom stereocenters. The van der Waals surface area contributed by atoms with E-state index in [4.69, 9.17) is 5.73 Å². The molecule has 0 bridgehead atoms. The molecule has 2 N–H and O–H groups in total. The number of pyridine rings is 1. The Kier molecular flexibility index (Phi) is 3.85. The molecule has 15 heavy (non-hydrogen) atoms. The second kappa shape index (κ2) is 4.75. The minimum absolute atomic E-state index is 0.0742. The second-order valence-corrected chi connectivity index (χ2v) is 3.75. The van der Waals surface area contributed by atoms with E-state index >= 15 is 0 Å². The lowest BCUT2D eigenvalue weighted by atomic mass is 10.2. The van der Waals surface area contributed by atoms with E-state index in [9.17, 15) is 18.9 Å². The molecule has 0 aromatic carbocycles. The summed E-state index contributed by atoms with van der Waals surface area (Å²) in [6.45, 7) is -0.253. The normalized spacial score (nSPS) is 10.7. The van der Waals surface area contributed by atoms with E-state index in [1.165, 1.54) is 0 Å². The van der Waals surface area contributed by atoms with Crippen LogP contribution in [-0.4, -0.2) is 9.91 Å². The summed E-state index contributed by atoms with van der Waals surface area (Å²) in [6, 6.07) is 1.04. The lowest BCUT2D eigenvalue weighted by molar-refractivity contribution is -0.390. The molecule has 1 heterocycles. The lowest BCUT2D eigenvalue weighted by Gasteiger charge is -2.03. The molecule has 0 spiro atoms. The minimum Gasteiger partial charge on any atom is -0.358 e. The van der Waals surface area contributed by atoms with Crippen LogP contribution in [0.25, 0.3) is 0 Å². The number of nitrogens with two attached hydrogens (primary N) is 1. The molecule has 82 valence electrons. The zero-order valence-electron chi connectivity index (χ0n) is 7.28. The average Bonchev–Trinajstić information content (AvgIpc) is 2.16. The molecule has 5 nitrogen and oxygen atoms in total. The predicted molar refractivity (Wildman–Crippen MR) is 56.5 cm³/mol. The maximum Gasteiger partial charge on any atom is 0.377 e. The van der Waals surface area contributed by atoms with Gasteiger partial charge in [0.15, 0.2) is 5.69 Å². The summed E-state index contributed by atoms with van der Waals surface area (Å²) in [6.07, 6.45) is -2.73. The van der Waals surface area contributed by atoms with Crippen molar-refractivity contribution >= 4 is 28.4 Å². The molecule has 0 saturated carbocycles. The van der Waals surface area contributed by atoms with Gasteiger partial charge in [-0.05, 0) is 38.6 Å². The maximum absolute atomic E-state index is 12.5. The Balaban J connectivity index is 3.35. The Bertz CT molecular complexity index is 400. The zero-order chi connectivity index (χ0) is 11.6. The van der Waals surface area contributed by atoms with Gasteiger partial charge in [0.25, 0.3) is 6.43 Å². The molecule has 0 aliphatic carbocycles. The Hall–Kier alpha value is -0.900. The molecular formula is C7H6F2IN3O2. The first-order chi connectivity index (χ1) is 6.97. The number of halogens is 3. The van der Waals surface area contributed by atoms with E-state index in [1.807, 2.05) is 0 Å². The Labute approximate surface area is 97.0 Å². The fourth-order valence-corrected chi connectivity index (χ4v) is 1.66. The van der Waals surface area contributed by atoms with Gasteiger partial charge in [0.2, 0.25) is 0 Å². The van der Waals surface area contributed by atoms with Gasteiger partial charge in [-0.1, -0.05) is 0 Å². The van der Waals surface area contributed by atoms with E-state index in [0.29, 0.717) is 0 Å². The molecule has 0 aliphatic heterocycles. The number of hydrogen-bond donors (Lipinski definition) is 1. The first-order valence-electron chi connectivity index (χ1n) is 3.79. The van der Waals surface area contributed by atoms with Gasteiger partial charge in [0.1, 0.15) is 3.57 Å². The average molecular weight is 329 g/mol. The second-order valence-electron chi connectivity index (χ2n) is 2.59. The zero-order valence-corrected chi connectivity index (χ0v) is 9.44. The largest absolute Gasteiger partial charge is 0.377 e. The standard InChI is InChI=1S/C7H6F2IN3O2/c8-6(9)3-1-4(10)7(13(14)15)12-5(3)2-11/h1,6H,2,11H2. The summed E-state index contributed by atoms with van der Waals surface area (Å²) >= 11 is 1.59. The number of nitrogens with zero attached hydrogens (tertiary/aromatic N) is 2. The van der Waals surface area contributed by atoms with Crippen LogP contribution in [0.1, 0.15) is 17.7 Å². The molecule has 0 aliphatic rings. The monoisotopic (exact) mass is 329 g/mol. The topological polar surface area (TPSA) is 82.0 Å². The quantitative estimate of drug-likeness (QED) is 0.522. The van der Waals surface area contributed by atoms with Crippen molar-refractivity contribution < 1.29 is 13.7 Å². The third-order valence-electron chi connectivity index (χ3n) is 1.67. The van der Waals surface area contributed by atoms with Crippen LogP contribution in [0.3, 0.4) is 0 Å². The highest BCUT2D eigenvalue weighted by molar-refractivity contribution is 14.1. The highest BCUT2D eigenvalue weighted by atomic mass is 127. The summed E-state index contributed by atoms with van der Waals surface area (Å²) in [5.74, 6) is -0.444. The van der Waals surface area contributed by atoms with Gasteiger partial charge < -0.3 is 15.8 Å². The molecular weight excluding hydrogens is 323 g/mol. The van der Waals surface area contributed by atoms with Crippen LogP contribution < -0.4 is 5.73 Å². The number of alkyl halides is 2. The van der Waals surface area contributed by atoms with E-state index in [1.54, 1.807) is 22.6 Å². The molecule has 1 aromatic heterocycles. The first kappa shape index (κ1) is 12.2. The molecule has 8 heteroatoms. The summed E-state index contributed by atoms with van der Waals surface area (Å²) in [5, 5.41) is 10.5. The maximum atomic E-state index is 12.5. The summed E-state index contributed by atoms with van der Waals surface area (Å²) in [7, 11) is 0. The number of rotatable bonds is 3. The molecule has 0 fully saturated rings. The van der Waals surface area contributed by atoms with Crippen LogP contribution in [0.5, 0.6) is 0 Å². The number of nitro groups is 1. The highest BCUT2D eigenvalue weighted by Crippen LogP contribution is 2.27. The molecule has 0 saturated heterocycles. The summed E-state index contributed by atoms with van der Waals surface area (Å²) in [4.78, 5) is 13.3. The van der Waals surface area contributed by atoms with Crippen molar-refractivity contribution in [2.24, 2.45) is 5.73 Å². The van der Waals surface area contributed by atoms with Gasteiger partial charge in [0, 0.05) is 0 Å². The molecule has 0 amide bonds. The van der Waals surface area contributed by atoms with Gasteiger partial charge in [-0.2, -0.15) is 0 Å². The van der Waals surface area contributed by atoms with Crippen molar-refractivity contribution in [3.05, 3.63) is 31.0 Å². The molecule has 0 radical (unpaired) electrons. The van der Waals surface area contributed by atoms with Crippen LogP contribution in [-0.2, 0) is 6.54 Å². The summed E-state index contributed by atoms with van der Waals surface area (Å²) < 4.78 is 25.0.